The third-order valence-corrected chi connectivity index (χ3v) is 2.60. The van der Waals surface area contributed by atoms with E-state index in [-0.39, 0.29) is 0 Å². The molecule has 2 N–H and O–H groups in total. The van der Waals surface area contributed by atoms with Crippen molar-refractivity contribution in [3.63, 3.8) is 0 Å². The smallest absolute Gasteiger partial charge is 0.0726 e. The molecule has 0 saturated carbocycles. The molecular weight excluding hydrogens is 200 g/mol. The van der Waals surface area contributed by atoms with Crippen LogP contribution in [0.15, 0.2) is 18.5 Å². The van der Waals surface area contributed by atoms with E-state index in [1.54, 1.807) is 0 Å². The lowest BCUT2D eigenvalue weighted by molar-refractivity contribution is 0.841. The number of rotatable bonds is 2. The normalized spacial score (nSPS) is 10.8. The van der Waals surface area contributed by atoms with Crippen LogP contribution in [0.5, 0.6) is 0 Å². The van der Waals surface area contributed by atoms with Crippen LogP contribution >= 0.6 is 0 Å². The minimum absolute atomic E-state index is 0.480. The van der Waals surface area contributed by atoms with Gasteiger partial charge in [0.1, 0.15) is 0 Å². The van der Waals surface area contributed by atoms with Crippen LogP contribution in [-0.2, 0) is 6.54 Å². The van der Waals surface area contributed by atoms with Crippen molar-refractivity contribution in [3.05, 3.63) is 41.0 Å². The van der Waals surface area contributed by atoms with Crippen LogP contribution in [0.25, 0.3) is 5.69 Å². The Morgan fingerprint density at radius 3 is 2.62 bits per heavy atom. The zero-order chi connectivity index (χ0) is 11.7. The first kappa shape index (κ1) is 10.8. The highest BCUT2D eigenvalue weighted by Crippen LogP contribution is 2.18. The van der Waals surface area contributed by atoms with Gasteiger partial charge in [-0.2, -0.15) is 5.10 Å². The molecule has 2 aromatic rings. The van der Waals surface area contributed by atoms with Crippen molar-refractivity contribution >= 4 is 0 Å². The average Bonchev–Trinajstić information content (AvgIpc) is 2.63. The molecule has 2 heterocycles. The van der Waals surface area contributed by atoms with Crippen molar-refractivity contribution in [3.8, 4) is 5.69 Å². The van der Waals surface area contributed by atoms with Gasteiger partial charge < -0.3 is 5.73 Å². The number of aromatic nitrogens is 3. The molecule has 0 aliphatic carbocycles. The quantitative estimate of drug-likeness (QED) is 0.830. The first-order valence-corrected chi connectivity index (χ1v) is 5.30. The van der Waals surface area contributed by atoms with E-state index in [4.69, 9.17) is 5.73 Å². The summed E-state index contributed by atoms with van der Waals surface area (Å²) in [5, 5.41) is 4.31. The molecule has 0 aliphatic heterocycles. The zero-order valence-corrected chi connectivity index (χ0v) is 9.86. The van der Waals surface area contributed by atoms with Gasteiger partial charge in [-0.1, -0.05) is 0 Å². The van der Waals surface area contributed by atoms with Crippen LogP contribution in [0, 0.1) is 20.8 Å². The van der Waals surface area contributed by atoms with E-state index in [0.29, 0.717) is 6.54 Å². The summed E-state index contributed by atoms with van der Waals surface area (Å²) in [7, 11) is 0. The Balaban J connectivity index is 2.63. The van der Waals surface area contributed by atoms with E-state index in [0.717, 1.165) is 28.2 Å². The Bertz CT molecular complexity index is 514. The van der Waals surface area contributed by atoms with Crippen LogP contribution in [0.1, 0.15) is 22.5 Å². The minimum atomic E-state index is 0.480. The van der Waals surface area contributed by atoms with Crippen LogP contribution < -0.4 is 5.73 Å². The molecule has 2 rings (SSSR count). The summed E-state index contributed by atoms with van der Waals surface area (Å²) in [5.74, 6) is 0. The lowest BCUT2D eigenvalue weighted by Crippen LogP contribution is -2.09. The molecule has 2 aromatic heterocycles. The standard InChI is InChI=1S/C12H16N4/c1-8-6-14-16(7-8)12-4-9(2)15-10(3)11(12)5-13/h4,6-7H,5,13H2,1-3H3. The third kappa shape index (κ3) is 1.84. The van der Waals surface area contributed by atoms with Crippen LogP contribution in [0.3, 0.4) is 0 Å². The molecule has 0 radical (unpaired) electrons. The second-order valence-corrected chi connectivity index (χ2v) is 4.01. The number of nitrogens with two attached hydrogens (primary N) is 1. The molecule has 0 bridgehead atoms. The first-order valence-electron chi connectivity index (χ1n) is 5.30. The molecular formula is C12H16N4. The lowest BCUT2D eigenvalue weighted by Gasteiger charge is -2.11. The summed E-state index contributed by atoms with van der Waals surface area (Å²) < 4.78 is 1.86. The van der Waals surface area contributed by atoms with Crippen molar-refractivity contribution in [2.45, 2.75) is 27.3 Å². The van der Waals surface area contributed by atoms with Gasteiger partial charge in [0, 0.05) is 29.7 Å². The fraction of sp³-hybridized carbons (Fsp3) is 0.333. The highest BCUT2D eigenvalue weighted by Gasteiger charge is 2.09. The molecule has 0 aromatic carbocycles. The molecule has 4 nitrogen and oxygen atoms in total. The number of pyridine rings is 1. The van der Waals surface area contributed by atoms with Crippen LogP contribution in [-0.4, -0.2) is 14.8 Å². The van der Waals surface area contributed by atoms with E-state index in [1.165, 1.54) is 0 Å². The molecule has 84 valence electrons. The van der Waals surface area contributed by atoms with Crippen molar-refractivity contribution in [2.75, 3.05) is 0 Å². The lowest BCUT2D eigenvalue weighted by atomic mass is 10.1. The molecule has 0 unspecified atom stereocenters. The number of aryl methyl sites for hydroxylation is 3. The van der Waals surface area contributed by atoms with Gasteiger partial charge in [-0.15, -0.1) is 0 Å². The summed E-state index contributed by atoms with van der Waals surface area (Å²) >= 11 is 0. The number of hydrogen-bond donors (Lipinski definition) is 1. The molecule has 0 amide bonds. The molecule has 0 atom stereocenters. The fourth-order valence-electron chi connectivity index (χ4n) is 1.84. The highest BCUT2D eigenvalue weighted by atomic mass is 15.3. The average molecular weight is 216 g/mol. The van der Waals surface area contributed by atoms with Gasteiger partial charge >= 0.3 is 0 Å². The number of nitrogens with zero attached hydrogens (tertiary/aromatic N) is 3. The predicted molar refractivity (Wildman–Crippen MR) is 63.5 cm³/mol. The van der Waals surface area contributed by atoms with Gasteiger partial charge in [-0.25, -0.2) is 4.68 Å². The Kier molecular flexibility index (Phi) is 2.75. The van der Waals surface area contributed by atoms with Gasteiger partial charge in [0.15, 0.2) is 0 Å². The zero-order valence-electron chi connectivity index (χ0n) is 9.86. The highest BCUT2D eigenvalue weighted by molar-refractivity contribution is 5.44. The molecule has 0 aliphatic rings. The van der Waals surface area contributed by atoms with E-state index in [9.17, 15) is 0 Å². The second-order valence-electron chi connectivity index (χ2n) is 4.01. The summed E-state index contributed by atoms with van der Waals surface area (Å²) in [6.07, 6.45) is 3.83. The molecule has 16 heavy (non-hydrogen) atoms. The second kappa shape index (κ2) is 4.06. The summed E-state index contributed by atoms with van der Waals surface area (Å²) in [5.41, 5.74) is 10.9. The summed E-state index contributed by atoms with van der Waals surface area (Å²) in [6.45, 7) is 6.46. The maximum absolute atomic E-state index is 5.76. The van der Waals surface area contributed by atoms with Crippen molar-refractivity contribution in [1.82, 2.24) is 14.8 Å². The van der Waals surface area contributed by atoms with E-state index in [1.807, 2.05) is 43.9 Å². The predicted octanol–water partition coefficient (Wildman–Crippen LogP) is 1.65. The van der Waals surface area contributed by atoms with Gasteiger partial charge in [-0.05, 0) is 32.4 Å². The fourth-order valence-corrected chi connectivity index (χ4v) is 1.84. The third-order valence-electron chi connectivity index (χ3n) is 2.60. The maximum atomic E-state index is 5.76. The van der Waals surface area contributed by atoms with Crippen LogP contribution in [0.2, 0.25) is 0 Å². The minimum Gasteiger partial charge on any atom is -0.326 e. The largest absolute Gasteiger partial charge is 0.326 e. The van der Waals surface area contributed by atoms with Crippen molar-refractivity contribution < 1.29 is 0 Å². The summed E-state index contributed by atoms with van der Waals surface area (Å²) in [6, 6.07) is 2.02. The van der Waals surface area contributed by atoms with Gasteiger partial charge in [0.05, 0.1) is 11.9 Å². The molecule has 4 heteroatoms. The molecule has 0 fully saturated rings. The summed E-state index contributed by atoms with van der Waals surface area (Å²) in [4.78, 5) is 4.42. The Labute approximate surface area is 95.1 Å². The van der Waals surface area contributed by atoms with Gasteiger partial charge in [0.25, 0.3) is 0 Å². The first-order chi connectivity index (χ1) is 7.61. The number of hydrogen-bond acceptors (Lipinski definition) is 3. The topological polar surface area (TPSA) is 56.7 Å². The Hall–Kier alpha value is -1.68. The Morgan fingerprint density at radius 2 is 2.06 bits per heavy atom. The van der Waals surface area contributed by atoms with Gasteiger partial charge in [-0.3, -0.25) is 4.98 Å². The van der Waals surface area contributed by atoms with E-state index < -0.39 is 0 Å². The Morgan fingerprint density at radius 1 is 1.31 bits per heavy atom. The monoisotopic (exact) mass is 216 g/mol. The SMILES string of the molecule is Cc1cnn(-c2cc(C)nc(C)c2CN)c1. The maximum Gasteiger partial charge on any atom is 0.0726 e. The molecule has 0 saturated heterocycles. The van der Waals surface area contributed by atoms with Gasteiger partial charge in [0.2, 0.25) is 0 Å². The van der Waals surface area contributed by atoms with Crippen molar-refractivity contribution in [2.24, 2.45) is 5.73 Å². The van der Waals surface area contributed by atoms with Crippen molar-refractivity contribution in [1.29, 1.82) is 0 Å². The van der Waals surface area contributed by atoms with E-state index in [2.05, 4.69) is 10.1 Å². The van der Waals surface area contributed by atoms with Crippen LogP contribution in [0.4, 0.5) is 0 Å². The molecule has 0 spiro atoms. The van der Waals surface area contributed by atoms with E-state index >= 15 is 0 Å².